The van der Waals surface area contributed by atoms with Crippen molar-refractivity contribution >= 4 is 33.2 Å². The van der Waals surface area contributed by atoms with Gasteiger partial charge in [-0.05, 0) is 35.7 Å². The van der Waals surface area contributed by atoms with E-state index in [1.54, 1.807) is 6.07 Å². The van der Waals surface area contributed by atoms with Crippen molar-refractivity contribution in [3.05, 3.63) is 64.7 Å². The summed E-state index contributed by atoms with van der Waals surface area (Å²) < 4.78 is 52.7. The lowest BCUT2D eigenvalue weighted by Crippen LogP contribution is -2.44. The van der Waals surface area contributed by atoms with E-state index in [-0.39, 0.29) is 54.7 Å². The zero-order valence-corrected chi connectivity index (χ0v) is 19.5. The molecule has 1 atom stereocenters. The molecule has 0 bridgehead atoms. The van der Waals surface area contributed by atoms with E-state index in [1.165, 1.54) is 23.1 Å². The number of sulfone groups is 1. The van der Waals surface area contributed by atoms with Gasteiger partial charge in [-0.2, -0.15) is 8.78 Å². The lowest BCUT2D eigenvalue weighted by molar-refractivity contribution is -0.147. The fraction of sp³-hybridized carbons (Fsp3) is 0.333. The Balaban J connectivity index is 1.45. The molecule has 1 fully saturated rings. The summed E-state index contributed by atoms with van der Waals surface area (Å²) in [5, 5.41) is 2.16. The van der Waals surface area contributed by atoms with Gasteiger partial charge in [0.15, 0.2) is 15.6 Å². The van der Waals surface area contributed by atoms with Crippen LogP contribution in [0.4, 0.5) is 8.78 Å². The molecule has 4 rings (SSSR count). The second-order valence-corrected chi connectivity index (χ2v) is 10.7. The van der Waals surface area contributed by atoms with Crippen LogP contribution in [0.1, 0.15) is 46.3 Å². The van der Waals surface area contributed by atoms with Gasteiger partial charge in [-0.3, -0.25) is 19.2 Å². The molecule has 0 saturated heterocycles. The molecule has 2 aliphatic rings. The van der Waals surface area contributed by atoms with Crippen molar-refractivity contribution in [2.75, 3.05) is 6.26 Å². The second-order valence-electron chi connectivity index (χ2n) is 8.72. The van der Waals surface area contributed by atoms with Crippen LogP contribution in [0.5, 0.6) is 0 Å². The zero-order chi connectivity index (χ0) is 25.5. The molecule has 0 spiro atoms. The normalized spacial score (nSPS) is 18.5. The van der Waals surface area contributed by atoms with E-state index in [4.69, 9.17) is 0 Å². The van der Waals surface area contributed by atoms with Gasteiger partial charge in [0.25, 0.3) is 11.8 Å². The van der Waals surface area contributed by atoms with Crippen LogP contribution in [-0.2, 0) is 43.2 Å². The lowest BCUT2D eigenvalue weighted by atomic mass is 9.92. The predicted molar refractivity (Wildman–Crippen MR) is 119 cm³/mol. The molecule has 1 unspecified atom stereocenters. The molecule has 0 radical (unpaired) electrons. The number of rotatable bonds is 6. The molecule has 1 aliphatic heterocycles. The van der Waals surface area contributed by atoms with Crippen LogP contribution in [0.25, 0.3) is 0 Å². The number of nitrogens with one attached hydrogen (secondary N) is 1. The summed E-state index contributed by atoms with van der Waals surface area (Å²) in [7, 11) is -3.73. The number of Topliss-reactive ketones (excluding diaryl/α,β-unsaturated/α-hetero) is 2. The first-order chi connectivity index (χ1) is 16.4. The molecule has 2 aromatic rings. The first kappa shape index (κ1) is 24.6. The molecule has 2 amide bonds. The lowest BCUT2D eigenvalue weighted by Gasteiger charge is -2.29. The average Bonchev–Trinajstić information content (AvgIpc) is 3.12. The van der Waals surface area contributed by atoms with Crippen molar-refractivity contribution in [3.8, 4) is 0 Å². The Morgan fingerprint density at radius 3 is 2.57 bits per heavy atom. The van der Waals surface area contributed by atoms with E-state index >= 15 is 0 Å². The number of alkyl halides is 2. The highest BCUT2D eigenvalue weighted by Crippen LogP contribution is 2.31. The Bertz CT molecular complexity index is 1360. The number of carbonyl (C=O) groups is 4. The molecule has 0 aromatic heterocycles. The quantitative estimate of drug-likeness (QED) is 0.603. The van der Waals surface area contributed by atoms with Crippen LogP contribution in [0.15, 0.2) is 47.4 Å². The molecule has 8 nitrogen and oxygen atoms in total. The molecule has 1 aliphatic carbocycles. The molecule has 2 aromatic carbocycles. The van der Waals surface area contributed by atoms with Crippen molar-refractivity contribution in [3.63, 3.8) is 0 Å². The SMILES string of the molecule is CS(=O)(=O)c1cccc(C(F)(F)C(=O)NCc2ccc3c(c2)CN(C2CCC(=O)CC2=O)C3=O)c1. The average molecular weight is 505 g/mol. The molecule has 11 heteroatoms. The number of hydrogen-bond donors (Lipinski definition) is 1. The van der Waals surface area contributed by atoms with Gasteiger partial charge in [0.05, 0.1) is 17.4 Å². The number of ketones is 2. The largest absolute Gasteiger partial charge is 0.349 e. The number of carbonyl (C=O) groups excluding carboxylic acids is 4. The molecule has 184 valence electrons. The van der Waals surface area contributed by atoms with Crippen molar-refractivity contribution in [1.82, 2.24) is 10.2 Å². The van der Waals surface area contributed by atoms with Gasteiger partial charge in [0, 0.05) is 36.9 Å². The van der Waals surface area contributed by atoms with Gasteiger partial charge >= 0.3 is 5.92 Å². The van der Waals surface area contributed by atoms with Crippen LogP contribution < -0.4 is 5.32 Å². The number of amides is 2. The summed E-state index contributed by atoms with van der Waals surface area (Å²) in [5.74, 6) is -6.34. The summed E-state index contributed by atoms with van der Waals surface area (Å²) in [6.07, 6.45) is 1.20. The van der Waals surface area contributed by atoms with Gasteiger partial charge in [0.2, 0.25) is 0 Å². The monoisotopic (exact) mass is 504 g/mol. The van der Waals surface area contributed by atoms with Crippen LogP contribution in [-0.4, -0.2) is 49.0 Å². The number of nitrogens with zero attached hydrogens (tertiary/aromatic N) is 1. The molecule has 1 N–H and O–H groups in total. The molecular formula is C24H22F2N2O6S. The van der Waals surface area contributed by atoms with E-state index in [2.05, 4.69) is 5.32 Å². The van der Waals surface area contributed by atoms with Gasteiger partial charge < -0.3 is 10.2 Å². The summed E-state index contributed by atoms with van der Waals surface area (Å²) >= 11 is 0. The summed E-state index contributed by atoms with van der Waals surface area (Å²) in [6.45, 7) is -0.104. The second kappa shape index (κ2) is 8.95. The number of hydrogen-bond acceptors (Lipinski definition) is 6. The first-order valence-corrected chi connectivity index (χ1v) is 12.7. The van der Waals surface area contributed by atoms with E-state index in [1.807, 2.05) is 0 Å². The van der Waals surface area contributed by atoms with Crippen molar-refractivity contribution < 1.29 is 36.4 Å². The predicted octanol–water partition coefficient (Wildman–Crippen LogP) is 2.14. The molecule has 1 heterocycles. The topological polar surface area (TPSA) is 118 Å². The summed E-state index contributed by atoms with van der Waals surface area (Å²) in [4.78, 5) is 49.9. The van der Waals surface area contributed by atoms with Gasteiger partial charge in [-0.1, -0.05) is 24.3 Å². The fourth-order valence-corrected chi connectivity index (χ4v) is 4.96. The van der Waals surface area contributed by atoms with E-state index in [0.717, 1.165) is 24.5 Å². The fourth-order valence-electron chi connectivity index (χ4n) is 4.29. The van der Waals surface area contributed by atoms with Crippen molar-refractivity contribution in [1.29, 1.82) is 0 Å². The summed E-state index contributed by atoms with van der Waals surface area (Å²) in [6, 6.07) is 8.03. The highest BCUT2D eigenvalue weighted by Gasteiger charge is 2.42. The Kier molecular flexibility index (Phi) is 6.31. The number of benzene rings is 2. The van der Waals surface area contributed by atoms with Crippen molar-refractivity contribution in [2.45, 2.75) is 49.2 Å². The Morgan fingerprint density at radius 2 is 1.89 bits per heavy atom. The highest BCUT2D eigenvalue weighted by atomic mass is 32.2. The van der Waals surface area contributed by atoms with Gasteiger partial charge in [-0.15, -0.1) is 0 Å². The zero-order valence-electron chi connectivity index (χ0n) is 18.7. The molecule has 35 heavy (non-hydrogen) atoms. The van der Waals surface area contributed by atoms with Gasteiger partial charge in [0.1, 0.15) is 5.78 Å². The van der Waals surface area contributed by atoms with Gasteiger partial charge in [-0.25, -0.2) is 8.42 Å². The van der Waals surface area contributed by atoms with Crippen LogP contribution in [0.3, 0.4) is 0 Å². The highest BCUT2D eigenvalue weighted by molar-refractivity contribution is 7.90. The third-order valence-corrected chi connectivity index (χ3v) is 7.29. The van der Waals surface area contributed by atoms with Crippen LogP contribution in [0.2, 0.25) is 0 Å². The Morgan fingerprint density at radius 1 is 1.14 bits per heavy atom. The minimum atomic E-state index is -3.97. The minimum absolute atomic E-state index is 0.145. The standard InChI is InChI=1S/C24H22F2N2O6S/c1-35(33,34)18-4-2-3-16(10-18)24(25,26)23(32)27-12-14-5-7-19-15(9-14)13-28(22(19)31)20-8-6-17(29)11-21(20)30/h2-5,7,9-10,20H,6,8,11-13H2,1H3,(H,27,32). The third-order valence-electron chi connectivity index (χ3n) is 6.18. The maximum Gasteiger partial charge on any atom is 0.349 e. The minimum Gasteiger partial charge on any atom is -0.346 e. The molecular weight excluding hydrogens is 482 g/mol. The van der Waals surface area contributed by atoms with Crippen molar-refractivity contribution in [2.24, 2.45) is 0 Å². The number of fused-ring (bicyclic) bond motifs is 1. The summed E-state index contributed by atoms with van der Waals surface area (Å²) in [5.41, 5.74) is 0.702. The van der Waals surface area contributed by atoms with Crippen LogP contribution >= 0.6 is 0 Å². The molecule has 1 saturated carbocycles. The van der Waals surface area contributed by atoms with E-state index in [0.29, 0.717) is 16.7 Å². The Labute approximate surface area is 200 Å². The maximum atomic E-state index is 14.7. The third kappa shape index (κ3) is 4.86. The maximum absolute atomic E-state index is 14.7. The first-order valence-electron chi connectivity index (χ1n) is 10.8. The smallest absolute Gasteiger partial charge is 0.346 e. The number of halogens is 2. The Hall–Kier alpha value is -3.47. The van der Waals surface area contributed by atoms with E-state index < -0.39 is 33.3 Å². The van der Waals surface area contributed by atoms with Crippen LogP contribution in [0, 0.1) is 0 Å². The van der Waals surface area contributed by atoms with E-state index in [9.17, 15) is 36.4 Å².